The summed E-state index contributed by atoms with van der Waals surface area (Å²) in [6, 6.07) is 14.9. The zero-order valence-electron chi connectivity index (χ0n) is 15.8. The van der Waals surface area contributed by atoms with Crippen LogP contribution in [0.15, 0.2) is 60.9 Å². The van der Waals surface area contributed by atoms with Gasteiger partial charge in [0.05, 0.1) is 23.3 Å². The predicted molar refractivity (Wildman–Crippen MR) is 113 cm³/mol. The first-order chi connectivity index (χ1) is 13.4. The van der Waals surface area contributed by atoms with Crippen molar-refractivity contribution < 1.29 is 13.6 Å². The summed E-state index contributed by atoms with van der Waals surface area (Å²) in [4.78, 5) is 15.5. The Morgan fingerprint density at radius 3 is 2.39 bits per heavy atom. The molecule has 0 aliphatic heterocycles. The van der Waals surface area contributed by atoms with Crippen LogP contribution in [0.3, 0.4) is 0 Å². The molecule has 28 heavy (non-hydrogen) atoms. The number of aromatic nitrogens is 1. The number of para-hydroxylation sites is 1. The number of pyridine rings is 1. The number of rotatable bonds is 5. The summed E-state index contributed by atoms with van der Waals surface area (Å²) in [5.74, 6) is -0.176. The Labute approximate surface area is 166 Å². The first-order valence-electron chi connectivity index (χ1n) is 8.67. The molecule has 0 aliphatic rings. The molecule has 0 bridgehead atoms. The SMILES string of the molecule is CC(=O)Nc1cncc(-c2ccc(C)c(N(c3ccccc3C)S(=O)O)c2)c1. The Morgan fingerprint density at radius 1 is 1.00 bits per heavy atom. The summed E-state index contributed by atoms with van der Waals surface area (Å²) in [6.45, 7) is 5.23. The van der Waals surface area contributed by atoms with Crippen LogP contribution in [0, 0.1) is 13.8 Å². The van der Waals surface area contributed by atoms with Gasteiger partial charge in [-0.2, -0.15) is 0 Å². The lowest BCUT2D eigenvalue weighted by atomic mass is 10.0. The van der Waals surface area contributed by atoms with E-state index in [0.29, 0.717) is 17.1 Å². The van der Waals surface area contributed by atoms with Crippen molar-refractivity contribution in [3.8, 4) is 11.1 Å². The third-order valence-electron chi connectivity index (χ3n) is 4.31. The van der Waals surface area contributed by atoms with E-state index in [1.54, 1.807) is 12.4 Å². The molecule has 0 fully saturated rings. The molecule has 1 atom stereocenters. The molecule has 2 N–H and O–H groups in total. The maximum absolute atomic E-state index is 12.2. The van der Waals surface area contributed by atoms with E-state index < -0.39 is 11.3 Å². The molecule has 3 rings (SSSR count). The molecule has 0 saturated heterocycles. The smallest absolute Gasteiger partial charge is 0.266 e. The number of nitrogens with zero attached hydrogens (tertiary/aromatic N) is 2. The quantitative estimate of drug-likeness (QED) is 0.619. The molecule has 1 unspecified atom stereocenters. The van der Waals surface area contributed by atoms with Crippen LogP contribution in [-0.4, -0.2) is 19.7 Å². The van der Waals surface area contributed by atoms with Gasteiger partial charge in [-0.15, -0.1) is 0 Å². The molecule has 0 saturated carbocycles. The van der Waals surface area contributed by atoms with Crippen molar-refractivity contribution in [2.75, 3.05) is 9.62 Å². The van der Waals surface area contributed by atoms with Gasteiger partial charge >= 0.3 is 0 Å². The van der Waals surface area contributed by atoms with Gasteiger partial charge in [0.15, 0.2) is 0 Å². The van der Waals surface area contributed by atoms with Gasteiger partial charge in [-0.05, 0) is 48.7 Å². The van der Waals surface area contributed by atoms with Crippen LogP contribution in [0.25, 0.3) is 11.1 Å². The Bertz CT molecular complexity index is 1050. The lowest BCUT2D eigenvalue weighted by Crippen LogP contribution is -2.21. The fourth-order valence-corrected chi connectivity index (χ4v) is 3.70. The van der Waals surface area contributed by atoms with Crippen molar-refractivity contribution in [1.82, 2.24) is 4.98 Å². The number of aryl methyl sites for hydroxylation is 2. The molecule has 2 aromatic carbocycles. The van der Waals surface area contributed by atoms with Crippen LogP contribution in [0.2, 0.25) is 0 Å². The highest BCUT2D eigenvalue weighted by Crippen LogP contribution is 2.35. The van der Waals surface area contributed by atoms with Gasteiger partial charge in [0.1, 0.15) is 0 Å². The van der Waals surface area contributed by atoms with E-state index in [1.165, 1.54) is 11.2 Å². The Balaban J connectivity index is 2.10. The van der Waals surface area contributed by atoms with Gasteiger partial charge in [0.25, 0.3) is 11.3 Å². The van der Waals surface area contributed by atoms with Gasteiger partial charge in [-0.1, -0.05) is 30.3 Å². The van der Waals surface area contributed by atoms with Gasteiger partial charge in [-0.25, -0.2) is 8.51 Å². The van der Waals surface area contributed by atoms with E-state index in [9.17, 15) is 13.6 Å². The number of nitrogens with one attached hydrogen (secondary N) is 1. The molecule has 6 nitrogen and oxygen atoms in total. The molecule has 3 aromatic rings. The molecular weight excluding hydrogens is 374 g/mol. The fourth-order valence-electron chi connectivity index (χ4n) is 2.97. The third kappa shape index (κ3) is 4.27. The highest BCUT2D eigenvalue weighted by Gasteiger charge is 2.19. The zero-order valence-corrected chi connectivity index (χ0v) is 16.7. The molecule has 7 heteroatoms. The number of carbonyl (C=O) groups excluding carboxylic acids is 1. The highest BCUT2D eigenvalue weighted by molar-refractivity contribution is 7.81. The molecule has 144 valence electrons. The van der Waals surface area contributed by atoms with Crippen molar-refractivity contribution in [3.63, 3.8) is 0 Å². The maximum Gasteiger partial charge on any atom is 0.266 e. The highest BCUT2D eigenvalue weighted by atomic mass is 32.2. The lowest BCUT2D eigenvalue weighted by molar-refractivity contribution is -0.114. The van der Waals surface area contributed by atoms with Crippen molar-refractivity contribution in [2.45, 2.75) is 20.8 Å². The van der Waals surface area contributed by atoms with Crippen molar-refractivity contribution in [1.29, 1.82) is 0 Å². The minimum absolute atomic E-state index is 0.176. The van der Waals surface area contributed by atoms with Gasteiger partial charge < -0.3 is 5.32 Å². The van der Waals surface area contributed by atoms with Gasteiger partial charge in [0.2, 0.25) is 5.91 Å². The second kappa shape index (κ2) is 8.33. The fraction of sp³-hybridized carbons (Fsp3) is 0.143. The molecular formula is C21H21N3O3S. The van der Waals surface area contributed by atoms with E-state index >= 15 is 0 Å². The standard InChI is InChI=1S/C21H21N3O3S/c1-14-6-4-5-7-20(14)24(28(26)27)21-11-17(9-8-15(21)2)18-10-19(13-22-12-18)23-16(3)25/h4-13H,1-3H3,(H,23,25)(H,26,27). The summed E-state index contributed by atoms with van der Waals surface area (Å²) in [5.41, 5.74) is 5.24. The summed E-state index contributed by atoms with van der Waals surface area (Å²) >= 11 is -2.24. The minimum atomic E-state index is -2.24. The third-order valence-corrected chi connectivity index (χ3v) is 5.02. The topological polar surface area (TPSA) is 82.5 Å². The average Bonchev–Trinajstić information content (AvgIpc) is 2.64. The van der Waals surface area contributed by atoms with Crippen LogP contribution in [0.5, 0.6) is 0 Å². The van der Waals surface area contributed by atoms with Crippen molar-refractivity contribution in [3.05, 3.63) is 72.1 Å². The largest absolute Gasteiger partial charge is 0.325 e. The Kier molecular flexibility index (Phi) is 5.87. The summed E-state index contributed by atoms with van der Waals surface area (Å²) in [5, 5.41) is 2.71. The molecule has 1 heterocycles. The number of anilines is 3. The molecule has 1 aromatic heterocycles. The number of benzene rings is 2. The van der Waals surface area contributed by atoms with E-state index in [2.05, 4.69) is 10.3 Å². The van der Waals surface area contributed by atoms with E-state index in [-0.39, 0.29) is 5.91 Å². The van der Waals surface area contributed by atoms with Crippen LogP contribution in [0.1, 0.15) is 18.1 Å². The van der Waals surface area contributed by atoms with Crippen LogP contribution < -0.4 is 9.62 Å². The molecule has 0 aliphatic carbocycles. The minimum Gasteiger partial charge on any atom is -0.325 e. The number of hydrogen-bond donors (Lipinski definition) is 2. The number of carbonyl (C=O) groups is 1. The summed E-state index contributed by atoms with van der Waals surface area (Å²) in [7, 11) is 0. The second-order valence-corrected chi connectivity index (χ2v) is 7.28. The van der Waals surface area contributed by atoms with Crippen LogP contribution >= 0.6 is 0 Å². The van der Waals surface area contributed by atoms with E-state index in [1.807, 2.05) is 62.4 Å². The van der Waals surface area contributed by atoms with Crippen molar-refractivity contribution in [2.24, 2.45) is 0 Å². The first-order valence-corrected chi connectivity index (χ1v) is 9.73. The zero-order chi connectivity index (χ0) is 20.3. The first kappa shape index (κ1) is 19.7. The second-order valence-electron chi connectivity index (χ2n) is 6.46. The van der Waals surface area contributed by atoms with Gasteiger partial charge in [-0.3, -0.25) is 14.3 Å². The molecule has 0 radical (unpaired) electrons. The normalized spacial score (nSPS) is 11.7. The molecule has 1 amide bonds. The summed E-state index contributed by atoms with van der Waals surface area (Å²) in [6.07, 6.45) is 3.26. The van der Waals surface area contributed by atoms with E-state index in [0.717, 1.165) is 22.3 Å². The monoisotopic (exact) mass is 395 g/mol. The number of hydrogen-bond acceptors (Lipinski definition) is 3. The Morgan fingerprint density at radius 2 is 1.71 bits per heavy atom. The molecule has 0 spiro atoms. The average molecular weight is 395 g/mol. The maximum atomic E-state index is 12.2. The van der Waals surface area contributed by atoms with Crippen molar-refractivity contribution >= 4 is 34.2 Å². The number of amides is 1. The predicted octanol–water partition coefficient (Wildman–Crippen LogP) is 4.60. The Hall–Kier alpha value is -3.03. The van der Waals surface area contributed by atoms with Gasteiger partial charge in [0, 0.05) is 18.7 Å². The van der Waals surface area contributed by atoms with E-state index in [4.69, 9.17) is 0 Å². The lowest BCUT2D eigenvalue weighted by Gasteiger charge is -2.24. The van der Waals surface area contributed by atoms with Crippen LogP contribution in [0.4, 0.5) is 17.1 Å². The summed E-state index contributed by atoms with van der Waals surface area (Å²) < 4.78 is 23.6. The van der Waals surface area contributed by atoms with Crippen LogP contribution in [-0.2, 0) is 16.1 Å².